The van der Waals surface area contributed by atoms with Crippen LogP contribution in [0.3, 0.4) is 0 Å². The third kappa shape index (κ3) is 6.21. The summed E-state index contributed by atoms with van der Waals surface area (Å²) in [5.41, 5.74) is 1.13. The van der Waals surface area contributed by atoms with Gasteiger partial charge < -0.3 is 15.6 Å². The van der Waals surface area contributed by atoms with E-state index >= 15 is 0 Å². The third-order valence-electron chi connectivity index (χ3n) is 5.50. The zero-order chi connectivity index (χ0) is 22.6. The van der Waals surface area contributed by atoms with Crippen LogP contribution < -0.4 is 10.6 Å². The van der Waals surface area contributed by atoms with Gasteiger partial charge in [-0.1, -0.05) is 30.5 Å². The van der Waals surface area contributed by atoms with Crippen molar-refractivity contribution >= 4 is 44.2 Å². The molecule has 0 aliphatic heterocycles. The summed E-state index contributed by atoms with van der Waals surface area (Å²) in [6.07, 6.45) is 4.08. The van der Waals surface area contributed by atoms with Crippen molar-refractivity contribution in [3.8, 4) is 6.07 Å². The molecule has 1 heterocycles. The maximum Gasteiger partial charge on any atom is 0.267 e. The van der Waals surface area contributed by atoms with E-state index in [2.05, 4.69) is 15.6 Å². The highest BCUT2D eigenvalue weighted by Crippen LogP contribution is 2.26. The Morgan fingerprint density at radius 1 is 1.29 bits per heavy atom. The number of aromatic amines is 1. The molecule has 8 nitrogen and oxygen atoms in total. The van der Waals surface area contributed by atoms with E-state index in [1.165, 1.54) is 0 Å². The fourth-order valence-corrected chi connectivity index (χ4v) is 4.70. The van der Waals surface area contributed by atoms with E-state index in [1.807, 2.05) is 12.1 Å². The highest BCUT2D eigenvalue weighted by Gasteiger charge is 2.33. The normalized spacial score (nSPS) is 20.0. The Balaban J connectivity index is 1.67. The molecule has 1 aliphatic carbocycles. The first kappa shape index (κ1) is 23.1. The van der Waals surface area contributed by atoms with E-state index in [-0.39, 0.29) is 30.0 Å². The molecule has 1 aliphatic rings. The highest BCUT2D eigenvalue weighted by molar-refractivity contribution is 7.90. The highest BCUT2D eigenvalue weighted by atomic mass is 35.5. The molecule has 2 aromatic rings. The van der Waals surface area contributed by atoms with Gasteiger partial charge in [0, 0.05) is 28.2 Å². The van der Waals surface area contributed by atoms with Crippen molar-refractivity contribution in [2.45, 2.75) is 44.2 Å². The van der Waals surface area contributed by atoms with E-state index in [1.54, 1.807) is 18.2 Å². The summed E-state index contributed by atoms with van der Waals surface area (Å²) in [4.78, 5) is 28.7. The second-order valence-corrected chi connectivity index (χ2v) is 10.7. The maximum absolute atomic E-state index is 12.8. The molecule has 1 fully saturated rings. The first-order valence-corrected chi connectivity index (χ1v) is 12.6. The number of halogens is 1. The number of rotatable bonds is 7. The molecule has 166 valence electrons. The van der Waals surface area contributed by atoms with E-state index in [9.17, 15) is 23.3 Å². The van der Waals surface area contributed by atoms with Crippen LogP contribution in [0.1, 0.15) is 42.6 Å². The van der Waals surface area contributed by atoms with Gasteiger partial charge in [-0.05, 0) is 37.5 Å². The summed E-state index contributed by atoms with van der Waals surface area (Å²) in [6.45, 7) is 0. The standard InChI is InChI=1S/C21H25ClN4O4S/c1-31(29,30)9-8-15(12-23)24-20(27)16-4-2-3-5-17(16)26-21(28)19-10-13-6-7-14(22)11-18(13)25-19/h6-7,10-11,15-17,25H,2-5,8-9H2,1H3,(H,24,27)(H,26,28). The van der Waals surface area contributed by atoms with Crippen LogP contribution in [-0.4, -0.2) is 49.3 Å². The van der Waals surface area contributed by atoms with Crippen LogP contribution in [0.25, 0.3) is 10.9 Å². The molecule has 2 amide bonds. The Kier molecular flexibility index (Phi) is 7.23. The van der Waals surface area contributed by atoms with Crippen molar-refractivity contribution in [1.29, 1.82) is 5.26 Å². The summed E-state index contributed by atoms with van der Waals surface area (Å²) in [7, 11) is -3.23. The minimum atomic E-state index is -3.23. The van der Waals surface area contributed by atoms with Crippen LogP contribution in [-0.2, 0) is 14.6 Å². The summed E-state index contributed by atoms with van der Waals surface area (Å²) in [5, 5.41) is 16.3. The first-order valence-electron chi connectivity index (χ1n) is 10.1. The SMILES string of the molecule is CS(=O)(=O)CCC(C#N)NC(=O)C1CCCCC1NC(=O)c1cc2ccc(Cl)cc2[nH]1. The Morgan fingerprint density at radius 2 is 2.03 bits per heavy atom. The second kappa shape index (κ2) is 9.71. The van der Waals surface area contributed by atoms with Gasteiger partial charge in [-0.25, -0.2) is 8.42 Å². The van der Waals surface area contributed by atoms with Crippen molar-refractivity contribution in [1.82, 2.24) is 15.6 Å². The molecule has 3 atom stereocenters. The van der Waals surface area contributed by atoms with Gasteiger partial charge in [0.05, 0.1) is 17.7 Å². The summed E-state index contributed by atoms with van der Waals surface area (Å²) < 4.78 is 22.7. The first-order chi connectivity index (χ1) is 14.7. The minimum absolute atomic E-state index is 0.0302. The molecular formula is C21H25ClN4O4S. The lowest BCUT2D eigenvalue weighted by Crippen LogP contribution is -2.50. The Morgan fingerprint density at radius 3 is 2.74 bits per heavy atom. The number of hydrogen-bond donors (Lipinski definition) is 3. The predicted molar refractivity (Wildman–Crippen MR) is 118 cm³/mol. The predicted octanol–water partition coefficient (Wildman–Crippen LogP) is 2.55. The van der Waals surface area contributed by atoms with Gasteiger partial charge in [0.1, 0.15) is 21.6 Å². The number of benzene rings is 1. The van der Waals surface area contributed by atoms with Crippen LogP contribution >= 0.6 is 11.6 Å². The number of carbonyl (C=O) groups excluding carboxylic acids is 2. The lowest BCUT2D eigenvalue weighted by molar-refractivity contribution is -0.127. The van der Waals surface area contributed by atoms with Gasteiger partial charge in [0.15, 0.2) is 0 Å². The average molecular weight is 465 g/mol. The number of carbonyl (C=O) groups is 2. The zero-order valence-electron chi connectivity index (χ0n) is 17.2. The van der Waals surface area contributed by atoms with Gasteiger partial charge in [-0.15, -0.1) is 0 Å². The van der Waals surface area contributed by atoms with E-state index in [4.69, 9.17) is 11.6 Å². The number of H-pyrrole nitrogens is 1. The van der Waals surface area contributed by atoms with Crippen LogP contribution in [0, 0.1) is 17.2 Å². The Hall–Kier alpha value is -2.57. The monoisotopic (exact) mass is 464 g/mol. The van der Waals surface area contributed by atoms with Gasteiger partial charge in [0.25, 0.3) is 5.91 Å². The lowest BCUT2D eigenvalue weighted by Gasteiger charge is -2.31. The molecule has 3 rings (SSSR count). The van der Waals surface area contributed by atoms with Crippen molar-refractivity contribution < 1.29 is 18.0 Å². The van der Waals surface area contributed by atoms with Gasteiger partial charge >= 0.3 is 0 Å². The Labute approximate surface area is 186 Å². The van der Waals surface area contributed by atoms with Gasteiger partial charge in [-0.3, -0.25) is 9.59 Å². The fourth-order valence-electron chi connectivity index (χ4n) is 3.86. The lowest BCUT2D eigenvalue weighted by atomic mass is 9.83. The van der Waals surface area contributed by atoms with Crippen molar-refractivity contribution in [2.75, 3.05) is 12.0 Å². The quantitative estimate of drug-likeness (QED) is 0.579. The topological polar surface area (TPSA) is 132 Å². The summed E-state index contributed by atoms with van der Waals surface area (Å²) in [6, 6.07) is 7.72. The van der Waals surface area contributed by atoms with Crippen LogP contribution in [0.5, 0.6) is 0 Å². The minimum Gasteiger partial charge on any atom is -0.350 e. The number of aromatic nitrogens is 1. The number of sulfone groups is 1. The molecule has 10 heteroatoms. The van der Waals surface area contributed by atoms with Crippen LogP contribution in [0.2, 0.25) is 5.02 Å². The summed E-state index contributed by atoms with van der Waals surface area (Å²) >= 11 is 6.00. The van der Waals surface area contributed by atoms with E-state index < -0.39 is 21.8 Å². The molecule has 31 heavy (non-hydrogen) atoms. The number of nitrogens with zero attached hydrogens (tertiary/aromatic N) is 1. The van der Waals surface area contributed by atoms with E-state index in [0.29, 0.717) is 23.6 Å². The van der Waals surface area contributed by atoms with Crippen molar-refractivity contribution in [3.05, 3.63) is 35.0 Å². The molecule has 3 unspecified atom stereocenters. The molecule has 0 bridgehead atoms. The van der Waals surface area contributed by atoms with Crippen LogP contribution in [0.4, 0.5) is 0 Å². The molecule has 0 saturated heterocycles. The molecule has 1 saturated carbocycles. The number of nitriles is 1. The number of nitrogens with one attached hydrogen (secondary N) is 3. The molecule has 3 N–H and O–H groups in total. The van der Waals surface area contributed by atoms with Gasteiger partial charge in [0.2, 0.25) is 5.91 Å². The molecule has 0 radical (unpaired) electrons. The maximum atomic E-state index is 12.8. The zero-order valence-corrected chi connectivity index (χ0v) is 18.7. The number of amides is 2. The number of hydrogen-bond acceptors (Lipinski definition) is 5. The fraction of sp³-hybridized carbons (Fsp3) is 0.476. The molecule has 1 aromatic heterocycles. The third-order valence-corrected chi connectivity index (χ3v) is 6.71. The second-order valence-electron chi connectivity index (χ2n) is 7.99. The van der Waals surface area contributed by atoms with E-state index in [0.717, 1.165) is 30.0 Å². The molecular weight excluding hydrogens is 440 g/mol. The van der Waals surface area contributed by atoms with Crippen LogP contribution in [0.15, 0.2) is 24.3 Å². The van der Waals surface area contributed by atoms with Crippen molar-refractivity contribution in [2.24, 2.45) is 5.92 Å². The van der Waals surface area contributed by atoms with Crippen molar-refractivity contribution in [3.63, 3.8) is 0 Å². The number of fused-ring (bicyclic) bond motifs is 1. The summed E-state index contributed by atoms with van der Waals surface area (Å²) in [5.74, 6) is -1.31. The largest absolute Gasteiger partial charge is 0.350 e. The smallest absolute Gasteiger partial charge is 0.267 e. The molecule has 1 aromatic carbocycles. The Bertz CT molecular complexity index is 1120. The average Bonchev–Trinajstić information content (AvgIpc) is 3.14. The molecule has 0 spiro atoms. The van der Waals surface area contributed by atoms with Gasteiger partial charge in [-0.2, -0.15) is 5.26 Å².